The number of nitrogens with two attached hydrogens (primary N) is 1. The van der Waals surface area contributed by atoms with Gasteiger partial charge in [-0.25, -0.2) is 12.8 Å². The zero-order valence-corrected chi connectivity index (χ0v) is 11.8. The van der Waals surface area contributed by atoms with E-state index in [1.54, 1.807) is 13.8 Å². The van der Waals surface area contributed by atoms with Crippen LogP contribution in [0.1, 0.15) is 13.8 Å². The van der Waals surface area contributed by atoms with E-state index in [9.17, 15) is 17.6 Å². The topological polar surface area (TPSA) is 89.3 Å². The highest BCUT2D eigenvalue weighted by Crippen LogP contribution is 2.20. The number of benzene rings is 1. The molecule has 0 bridgehead atoms. The molecule has 1 aromatic carbocycles. The van der Waals surface area contributed by atoms with Crippen LogP contribution in [0, 0.1) is 11.7 Å². The smallest absolute Gasteiger partial charge is 0.241 e. The van der Waals surface area contributed by atoms with Gasteiger partial charge in [-0.05, 0) is 24.1 Å². The van der Waals surface area contributed by atoms with Crippen molar-refractivity contribution in [1.29, 1.82) is 0 Å². The minimum atomic E-state index is -3.46. The summed E-state index contributed by atoms with van der Waals surface area (Å²) in [6.07, 6.45) is 1.01. The average molecular weight is 288 g/mol. The van der Waals surface area contributed by atoms with Crippen LogP contribution in [0.2, 0.25) is 0 Å². The number of halogens is 1. The first kappa shape index (κ1) is 15.6. The van der Waals surface area contributed by atoms with Gasteiger partial charge in [0.2, 0.25) is 5.91 Å². The molecule has 0 aliphatic heterocycles. The van der Waals surface area contributed by atoms with Gasteiger partial charge in [-0.3, -0.25) is 4.79 Å². The molecular weight excluding hydrogens is 271 g/mol. The second-order valence-corrected chi connectivity index (χ2v) is 6.69. The maximum Gasteiger partial charge on any atom is 0.241 e. The Kier molecular flexibility index (Phi) is 4.65. The standard InChI is InChI=1S/C12H17FN2O3S/c1-7(2)11(14)12(16)15-10-6-8(19(3,17)18)4-5-9(10)13/h4-7,11H,14H2,1-3H3,(H,15,16)/t11-/m1/s1. The van der Waals surface area contributed by atoms with Crippen LogP contribution in [0.3, 0.4) is 0 Å². The van der Waals surface area contributed by atoms with E-state index in [1.807, 2.05) is 0 Å². The molecule has 19 heavy (non-hydrogen) atoms. The van der Waals surface area contributed by atoms with Crippen molar-refractivity contribution in [3.8, 4) is 0 Å². The molecule has 106 valence electrons. The molecular formula is C12H17FN2O3S. The van der Waals surface area contributed by atoms with E-state index in [4.69, 9.17) is 5.73 Å². The Bertz CT molecular complexity index is 585. The third-order valence-corrected chi connectivity index (χ3v) is 3.76. The van der Waals surface area contributed by atoms with Crippen LogP contribution in [0.4, 0.5) is 10.1 Å². The van der Waals surface area contributed by atoms with Crippen LogP contribution in [0.15, 0.2) is 23.1 Å². The minimum Gasteiger partial charge on any atom is -0.322 e. The fraction of sp³-hybridized carbons (Fsp3) is 0.417. The number of carbonyl (C=O) groups excluding carboxylic acids is 1. The Morgan fingerprint density at radius 3 is 2.42 bits per heavy atom. The molecule has 0 fully saturated rings. The lowest BCUT2D eigenvalue weighted by Crippen LogP contribution is -2.39. The largest absolute Gasteiger partial charge is 0.322 e. The van der Waals surface area contributed by atoms with Gasteiger partial charge in [0.1, 0.15) is 5.82 Å². The Morgan fingerprint density at radius 2 is 1.95 bits per heavy atom. The molecule has 7 heteroatoms. The lowest BCUT2D eigenvalue weighted by molar-refractivity contribution is -0.118. The van der Waals surface area contributed by atoms with Gasteiger partial charge in [0.15, 0.2) is 9.84 Å². The number of rotatable bonds is 4. The van der Waals surface area contributed by atoms with Gasteiger partial charge in [0, 0.05) is 6.26 Å². The van der Waals surface area contributed by atoms with Crippen molar-refractivity contribution in [2.75, 3.05) is 11.6 Å². The van der Waals surface area contributed by atoms with Gasteiger partial charge in [-0.15, -0.1) is 0 Å². The predicted octanol–water partition coefficient (Wildman–Crippen LogP) is 1.15. The number of anilines is 1. The molecule has 0 aromatic heterocycles. The first-order chi connectivity index (χ1) is 8.62. The van der Waals surface area contributed by atoms with E-state index in [-0.39, 0.29) is 16.5 Å². The highest BCUT2D eigenvalue weighted by molar-refractivity contribution is 7.90. The average Bonchev–Trinajstić information content (AvgIpc) is 2.29. The van der Waals surface area contributed by atoms with E-state index >= 15 is 0 Å². The molecule has 0 aliphatic rings. The Hall–Kier alpha value is -1.47. The highest BCUT2D eigenvalue weighted by Gasteiger charge is 2.19. The van der Waals surface area contributed by atoms with Gasteiger partial charge in [0.05, 0.1) is 16.6 Å². The summed E-state index contributed by atoms with van der Waals surface area (Å²) in [7, 11) is -3.46. The normalized spacial score (nSPS) is 13.4. The SMILES string of the molecule is CC(C)[C@@H](N)C(=O)Nc1cc(S(C)(=O)=O)ccc1F. The molecule has 1 atom stereocenters. The third-order valence-electron chi connectivity index (χ3n) is 2.64. The van der Waals surface area contributed by atoms with E-state index in [1.165, 1.54) is 0 Å². The third kappa shape index (κ3) is 4.00. The number of hydrogen-bond donors (Lipinski definition) is 2. The van der Waals surface area contributed by atoms with Crippen LogP contribution in [-0.4, -0.2) is 26.6 Å². The van der Waals surface area contributed by atoms with Gasteiger partial charge in [0.25, 0.3) is 0 Å². The highest BCUT2D eigenvalue weighted by atomic mass is 32.2. The lowest BCUT2D eigenvalue weighted by atomic mass is 10.0. The number of sulfone groups is 1. The van der Waals surface area contributed by atoms with Crippen molar-refractivity contribution >= 4 is 21.4 Å². The van der Waals surface area contributed by atoms with E-state index in [2.05, 4.69) is 5.32 Å². The number of carbonyl (C=O) groups is 1. The number of nitrogens with one attached hydrogen (secondary N) is 1. The molecule has 0 spiro atoms. The van der Waals surface area contributed by atoms with E-state index < -0.39 is 27.6 Å². The monoisotopic (exact) mass is 288 g/mol. The van der Waals surface area contributed by atoms with Crippen molar-refractivity contribution in [3.05, 3.63) is 24.0 Å². The van der Waals surface area contributed by atoms with Gasteiger partial charge < -0.3 is 11.1 Å². The Morgan fingerprint density at radius 1 is 1.37 bits per heavy atom. The summed E-state index contributed by atoms with van der Waals surface area (Å²) in [4.78, 5) is 11.6. The zero-order chi connectivity index (χ0) is 14.8. The van der Waals surface area contributed by atoms with Crippen LogP contribution in [-0.2, 0) is 14.6 Å². The van der Waals surface area contributed by atoms with Crippen molar-refractivity contribution < 1.29 is 17.6 Å². The molecule has 0 aliphatic carbocycles. The lowest BCUT2D eigenvalue weighted by Gasteiger charge is -2.16. The van der Waals surface area contributed by atoms with Crippen molar-refractivity contribution in [2.24, 2.45) is 11.7 Å². The maximum absolute atomic E-state index is 13.5. The minimum absolute atomic E-state index is 0.0673. The van der Waals surface area contributed by atoms with Crippen LogP contribution >= 0.6 is 0 Å². The van der Waals surface area contributed by atoms with Crippen molar-refractivity contribution in [2.45, 2.75) is 24.8 Å². The molecule has 5 nitrogen and oxygen atoms in total. The first-order valence-corrected chi connectivity index (χ1v) is 7.58. The molecule has 0 saturated carbocycles. The molecule has 3 N–H and O–H groups in total. The molecule has 1 rings (SSSR count). The fourth-order valence-corrected chi connectivity index (χ4v) is 2.00. The predicted molar refractivity (Wildman–Crippen MR) is 71.0 cm³/mol. The maximum atomic E-state index is 13.5. The van der Waals surface area contributed by atoms with E-state index in [0.717, 1.165) is 24.5 Å². The quantitative estimate of drug-likeness (QED) is 0.813. The van der Waals surface area contributed by atoms with Gasteiger partial charge in [-0.1, -0.05) is 13.8 Å². The zero-order valence-electron chi connectivity index (χ0n) is 11.0. The summed E-state index contributed by atoms with van der Waals surface area (Å²) in [6.45, 7) is 3.51. The first-order valence-electron chi connectivity index (χ1n) is 5.69. The Labute approximate surface area is 111 Å². The van der Waals surface area contributed by atoms with Gasteiger partial charge in [-0.2, -0.15) is 0 Å². The second kappa shape index (κ2) is 5.66. The number of hydrogen-bond acceptors (Lipinski definition) is 4. The molecule has 0 radical (unpaired) electrons. The molecule has 1 aromatic rings. The van der Waals surface area contributed by atoms with Crippen LogP contribution < -0.4 is 11.1 Å². The fourth-order valence-electron chi connectivity index (χ4n) is 1.35. The summed E-state index contributed by atoms with van der Waals surface area (Å²) in [6, 6.07) is 2.42. The van der Waals surface area contributed by atoms with Crippen molar-refractivity contribution in [3.63, 3.8) is 0 Å². The van der Waals surface area contributed by atoms with Gasteiger partial charge >= 0.3 is 0 Å². The summed E-state index contributed by atoms with van der Waals surface area (Å²) in [5.41, 5.74) is 5.44. The summed E-state index contributed by atoms with van der Waals surface area (Å²) < 4.78 is 36.3. The second-order valence-electron chi connectivity index (χ2n) is 4.67. The van der Waals surface area contributed by atoms with Crippen LogP contribution in [0.25, 0.3) is 0 Å². The molecule has 0 heterocycles. The summed E-state index contributed by atoms with van der Waals surface area (Å²) >= 11 is 0. The number of amides is 1. The van der Waals surface area contributed by atoms with E-state index in [0.29, 0.717) is 0 Å². The Balaban J connectivity index is 3.05. The molecule has 0 unspecified atom stereocenters. The summed E-state index contributed by atoms with van der Waals surface area (Å²) in [5, 5.41) is 2.30. The summed E-state index contributed by atoms with van der Waals surface area (Å²) in [5.74, 6) is -1.38. The van der Waals surface area contributed by atoms with Crippen LogP contribution in [0.5, 0.6) is 0 Å². The molecule has 1 amide bonds. The molecule has 0 saturated heterocycles. The van der Waals surface area contributed by atoms with Crippen molar-refractivity contribution in [1.82, 2.24) is 0 Å².